The highest BCUT2D eigenvalue weighted by molar-refractivity contribution is 14.0. The number of hydrogen-bond donors (Lipinski definition) is 2. The van der Waals surface area contributed by atoms with Gasteiger partial charge in [0.1, 0.15) is 5.60 Å². The molecule has 1 amide bonds. The molecule has 0 aromatic carbocycles. The van der Waals surface area contributed by atoms with E-state index in [1.807, 2.05) is 33.8 Å². The summed E-state index contributed by atoms with van der Waals surface area (Å²) in [6.07, 6.45) is 1.56. The lowest BCUT2D eigenvalue weighted by molar-refractivity contribution is 0.00701. The minimum atomic E-state index is -0.476. The van der Waals surface area contributed by atoms with E-state index in [0.717, 1.165) is 31.0 Å². The highest BCUT2D eigenvalue weighted by Crippen LogP contribution is 2.15. The molecule has 1 aromatic heterocycles. The van der Waals surface area contributed by atoms with Crippen LogP contribution in [0.5, 0.6) is 0 Å². The van der Waals surface area contributed by atoms with Gasteiger partial charge in [0.05, 0.1) is 6.04 Å². The van der Waals surface area contributed by atoms with Crippen LogP contribution in [0.2, 0.25) is 0 Å². The van der Waals surface area contributed by atoms with Crippen molar-refractivity contribution in [1.82, 2.24) is 20.1 Å². The van der Waals surface area contributed by atoms with Crippen molar-refractivity contribution < 1.29 is 9.53 Å². The fraction of sp³-hybridized carbons (Fsp3) is 0.650. The number of pyridine rings is 1. The van der Waals surface area contributed by atoms with Crippen molar-refractivity contribution in [2.75, 3.05) is 26.7 Å². The Morgan fingerprint density at radius 3 is 2.55 bits per heavy atom. The number of halogens is 1. The summed E-state index contributed by atoms with van der Waals surface area (Å²) in [5.41, 5.74) is 0.554. The molecule has 1 fully saturated rings. The van der Waals surface area contributed by atoms with Crippen molar-refractivity contribution in [2.24, 2.45) is 4.99 Å². The monoisotopic (exact) mass is 519 g/mol. The second-order valence-electron chi connectivity index (χ2n) is 8.09. The molecule has 1 aromatic rings. The van der Waals surface area contributed by atoms with Crippen LogP contribution in [0.3, 0.4) is 0 Å². The average Bonchev–Trinajstić information content (AvgIpc) is 2.56. The molecule has 2 rings (SSSR count). The van der Waals surface area contributed by atoms with Crippen molar-refractivity contribution in [3.63, 3.8) is 0 Å². The summed E-state index contributed by atoms with van der Waals surface area (Å²) in [6, 6.07) is 5.50. The first-order valence-corrected chi connectivity index (χ1v) is 9.81. The third-order valence-corrected chi connectivity index (χ3v) is 4.47. The minimum Gasteiger partial charge on any atom is -0.444 e. The lowest BCUT2D eigenvalue weighted by Gasteiger charge is -2.40. The van der Waals surface area contributed by atoms with Crippen molar-refractivity contribution in [3.8, 4) is 0 Å². The van der Waals surface area contributed by atoms with Crippen LogP contribution < -0.4 is 16.2 Å². The van der Waals surface area contributed by atoms with Gasteiger partial charge in [0.2, 0.25) is 0 Å². The first-order chi connectivity index (χ1) is 13.2. The Hall–Kier alpha value is -1.78. The van der Waals surface area contributed by atoms with E-state index in [0.29, 0.717) is 19.6 Å². The molecular formula is C20H34IN5O3. The molecule has 0 spiro atoms. The third kappa shape index (κ3) is 8.23. The maximum atomic E-state index is 12.0. The van der Waals surface area contributed by atoms with Gasteiger partial charge >= 0.3 is 6.09 Å². The zero-order valence-electron chi connectivity index (χ0n) is 18.0. The summed E-state index contributed by atoms with van der Waals surface area (Å²) in [7, 11) is 1.73. The van der Waals surface area contributed by atoms with Crippen molar-refractivity contribution in [2.45, 2.75) is 58.7 Å². The van der Waals surface area contributed by atoms with Crippen molar-refractivity contribution in [3.05, 3.63) is 34.2 Å². The Morgan fingerprint density at radius 2 is 1.97 bits per heavy atom. The standard InChI is InChI=1S/C20H33N5O3.HI/c1-15-9-8-10-17(26)25(15)12-7-6-11-22-18(21-5)23-16-13-24(14-16)19(27)28-20(2,3)4;/h8-10,16H,6-7,11-14H2,1-5H3,(H2,21,22,23);1H. The van der Waals surface area contributed by atoms with E-state index < -0.39 is 5.60 Å². The Morgan fingerprint density at radius 1 is 1.28 bits per heavy atom. The Balaban J connectivity index is 0.00000420. The van der Waals surface area contributed by atoms with Crippen LogP contribution in [0.15, 0.2) is 28.0 Å². The molecule has 2 N–H and O–H groups in total. The molecule has 1 aliphatic heterocycles. The largest absolute Gasteiger partial charge is 0.444 e. The van der Waals surface area contributed by atoms with Crippen molar-refractivity contribution >= 4 is 36.0 Å². The summed E-state index contributed by atoms with van der Waals surface area (Å²) >= 11 is 0. The summed E-state index contributed by atoms with van der Waals surface area (Å²) in [4.78, 5) is 29.7. The van der Waals surface area contributed by atoms with Gasteiger partial charge in [0, 0.05) is 45.0 Å². The van der Waals surface area contributed by atoms with Gasteiger partial charge in [-0.2, -0.15) is 0 Å². The number of likely N-dealkylation sites (tertiary alicyclic amines) is 1. The number of amides is 1. The molecule has 29 heavy (non-hydrogen) atoms. The molecule has 0 atom stereocenters. The topological polar surface area (TPSA) is 88.0 Å². The number of carbonyl (C=O) groups excluding carboxylic acids is 1. The molecule has 164 valence electrons. The molecular weight excluding hydrogens is 485 g/mol. The molecule has 9 heteroatoms. The van der Waals surface area contributed by atoms with Crippen molar-refractivity contribution in [1.29, 1.82) is 0 Å². The lowest BCUT2D eigenvalue weighted by Crippen LogP contribution is -2.63. The van der Waals surface area contributed by atoms with Crippen LogP contribution in [-0.4, -0.2) is 59.8 Å². The third-order valence-electron chi connectivity index (χ3n) is 4.47. The summed E-state index contributed by atoms with van der Waals surface area (Å²) in [5.74, 6) is 0.724. The van der Waals surface area contributed by atoms with Crippen LogP contribution in [-0.2, 0) is 11.3 Å². The molecule has 0 radical (unpaired) electrons. The Kier molecular flexibility index (Phi) is 9.94. The number of aromatic nitrogens is 1. The predicted octanol–water partition coefficient (Wildman–Crippen LogP) is 2.34. The van der Waals surface area contributed by atoms with E-state index in [1.54, 1.807) is 28.6 Å². The van der Waals surface area contributed by atoms with Crippen LogP contribution >= 0.6 is 24.0 Å². The zero-order valence-corrected chi connectivity index (χ0v) is 20.4. The SMILES string of the molecule is CN=C(NCCCCn1c(C)cccc1=O)NC1CN(C(=O)OC(C)(C)C)C1.I. The number of guanidine groups is 1. The Bertz CT molecular complexity index is 751. The predicted molar refractivity (Wildman–Crippen MR) is 126 cm³/mol. The number of aryl methyl sites for hydroxylation is 1. The molecule has 8 nitrogen and oxygen atoms in total. The van der Waals surface area contributed by atoms with Crippen LogP contribution in [0.25, 0.3) is 0 Å². The smallest absolute Gasteiger partial charge is 0.410 e. The number of nitrogens with zero attached hydrogens (tertiary/aromatic N) is 3. The highest BCUT2D eigenvalue weighted by atomic mass is 127. The van der Waals surface area contributed by atoms with Crippen LogP contribution in [0.4, 0.5) is 4.79 Å². The lowest BCUT2D eigenvalue weighted by atomic mass is 10.1. The number of carbonyl (C=O) groups is 1. The van der Waals surface area contributed by atoms with Gasteiger partial charge in [-0.05, 0) is 46.6 Å². The molecule has 0 aliphatic carbocycles. The van der Waals surface area contributed by atoms with E-state index in [2.05, 4.69) is 15.6 Å². The second kappa shape index (κ2) is 11.4. The minimum absolute atomic E-state index is 0. The number of hydrogen-bond acceptors (Lipinski definition) is 4. The fourth-order valence-corrected chi connectivity index (χ4v) is 2.95. The first-order valence-electron chi connectivity index (χ1n) is 9.81. The molecule has 0 saturated carbocycles. The maximum Gasteiger partial charge on any atom is 0.410 e. The number of nitrogens with one attached hydrogen (secondary N) is 2. The van der Waals surface area contributed by atoms with Crippen LogP contribution in [0.1, 0.15) is 39.3 Å². The van der Waals surface area contributed by atoms with E-state index in [1.165, 1.54) is 0 Å². The summed E-state index contributed by atoms with van der Waals surface area (Å²) in [5, 5.41) is 6.60. The number of rotatable bonds is 6. The van der Waals surface area contributed by atoms with Crippen LogP contribution in [0, 0.1) is 6.92 Å². The highest BCUT2D eigenvalue weighted by Gasteiger charge is 2.34. The van der Waals surface area contributed by atoms with Gasteiger partial charge in [-0.25, -0.2) is 4.79 Å². The number of aliphatic imine (C=N–C) groups is 1. The van der Waals surface area contributed by atoms with Gasteiger partial charge in [-0.3, -0.25) is 9.79 Å². The molecule has 0 bridgehead atoms. The van der Waals surface area contributed by atoms with Gasteiger partial charge in [0.15, 0.2) is 5.96 Å². The van der Waals surface area contributed by atoms with Gasteiger partial charge in [-0.15, -0.1) is 24.0 Å². The molecule has 1 aliphatic rings. The fourth-order valence-electron chi connectivity index (χ4n) is 2.95. The second-order valence-corrected chi connectivity index (χ2v) is 8.09. The molecule has 2 heterocycles. The van der Waals surface area contributed by atoms with E-state index in [-0.39, 0.29) is 41.7 Å². The Labute approximate surface area is 190 Å². The van der Waals surface area contributed by atoms with E-state index in [9.17, 15) is 9.59 Å². The number of ether oxygens (including phenoxy) is 1. The molecule has 0 unspecified atom stereocenters. The zero-order chi connectivity index (χ0) is 20.7. The summed E-state index contributed by atoms with van der Waals surface area (Å²) < 4.78 is 7.15. The average molecular weight is 519 g/mol. The maximum absolute atomic E-state index is 12.0. The number of unbranched alkanes of at least 4 members (excludes halogenated alkanes) is 1. The van der Waals surface area contributed by atoms with Gasteiger partial charge in [0.25, 0.3) is 5.56 Å². The summed E-state index contributed by atoms with van der Waals surface area (Å²) in [6.45, 7) is 10.2. The first kappa shape index (κ1) is 25.3. The van der Waals surface area contributed by atoms with Gasteiger partial charge in [-0.1, -0.05) is 6.07 Å². The normalized spacial score (nSPS) is 14.7. The van der Waals surface area contributed by atoms with Gasteiger partial charge < -0.3 is 24.8 Å². The quantitative estimate of drug-likeness (QED) is 0.261. The molecule has 1 saturated heterocycles. The van der Waals surface area contributed by atoms with E-state index in [4.69, 9.17) is 4.74 Å². The van der Waals surface area contributed by atoms with E-state index >= 15 is 0 Å².